The molecule has 0 radical (unpaired) electrons. The first-order chi connectivity index (χ1) is 17.8. The monoisotopic (exact) mass is 530 g/mol. The first-order valence-corrected chi connectivity index (χ1v) is 12.0. The maximum atomic E-state index is 14.8. The molecular formula is C29H35FO8. The molecule has 2 rings (SSSR count). The van der Waals surface area contributed by atoms with Crippen LogP contribution in [0.25, 0.3) is 11.1 Å². The number of aliphatic hydroxyl groups is 1. The quantitative estimate of drug-likeness (QED) is 0.0938. The molecule has 206 valence electrons. The molecule has 0 heterocycles. The zero-order valence-electron chi connectivity index (χ0n) is 22.5. The second-order valence-corrected chi connectivity index (χ2v) is 9.66. The molecule has 0 saturated heterocycles. The number of aliphatic hydroxyl groups excluding tert-OH is 1. The first-order valence-electron chi connectivity index (χ1n) is 12.0. The molecule has 38 heavy (non-hydrogen) atoms. The molecule has 0 bridgehead atoms. The first kappa shape index (κ1) is 30.5. The molecular weight excluding hydrogens is 495 g/mol. The summed E-state index contributed by atoms with van der Waals surface area (Å²) in [6.07, 6.45) is -1.10. The highest BCUT2D eigenvalue weighted by Crippen LogP contribution is 2.33. The van der Waals surface area contributed by atoms with Gasteiger partial charge in [0.1, 0.15) is 31.3 Å². The third kappa shape index (κ3) is 9.64. The van der Waals surface area contributed by atoms with E-state index in [1.165, 1.54) is 12.1 Å². The van der Waals surface area contributed by atoms with Crippen molar-refractivity contribution in [2.45, 2.75) is 40.9 Å². The minimum atomic E-state index is -1.10. The van der Waals surface area contributed by atoms with E-state index in [-0.39, 0.29) is 37.8 Å². The van der Waals surface area contributed by atoms with Crippen molar-refractivity contribution in [2.75, 3.05) is 26.4 Å². The van der Waals surface area contributed by atoms with Gasteiger partial charge in [-0.1, -0.05) is 19.2 Å². The summed E-state index contributed by atoms with van der Waals surface area (Å²) in [5.74, 6) is -1.18. The van der Waals surface area contributed by atoms with Gasteiger partial charge in [0.15, 0.2) is 17.9 Å². The van der Waals surface area contributed by atoms with Crippen molar-refractivity contribution < 1.29 is 42.8 Å². The van der Waals surface area contributed by atoms with E-state index >= 15 is 0 Å². The van der Waals surface area contributed by atoms with Crippen molar-refractivity contribution in [2.24, 2.45) is 5.41 Å². The maximum absolute atomic E-state index is 14.8. The van der Waals surface area contributed by atoms with Crippen LogP contribution in [0.15, 0.2) is 60.7 Å². The maximum Gasteiger partial charge on any atom is 0.333 e. The van der Waals surface area contributed by atoms with Crippen molar-refractivity contribution in [1.29, 1.82) is 0 Å². The number of ether oxygens (including phenoxy) is 5. The Kier molecular flexibility index (Phi) is 11.0. The van der Waals surface area contributed by atoms with Gasteiger partial charge in [-0.25, -0.2) is 9.18 Å². The molecule has 0 saturated carbocycles. The Morgan fingerprint density at radius 1 is 0.921 bits per heavy atom. The van der Waals surface area contributed by atoms with Crippen LogP contribution in [0, 0.1) is 11.2 Å². The minimum absolute atomic E-state index is 0.00120. The van der Waals surface area contributed by atoms with Gasteiger partial charge in [0.25, 0.3) is 0 Å². The lowest BCUT2D eigenvalue weighted by atomic mass is 9.97. The molecule has 0 aliphatic rings. The molecule has 0 aliphatic heterocycles. The van der Waals surface area contributed by atoms with Crippen molar-refractivity contribution in [3.05, 3.63) is 66.5 Å². The van der Waals surface area contributed by atoms with Crippen LogP contribution in [0.4, 0.5) is 4.39 Å². The van der Waals surface area contributed by atoms with Crippen molar-refractivity contribution in [3.63, 3.8) is 0 Å². The summed E-state index contributed by atoms with van der Waals surface area (Å²) in [4.78, 5) is 23.7. The van der Waals surface area contributed by atoms with Crippen LogP contribution < -0.4 is 14.2 Å². The molecule has 8 nitrogen and oxygen atoms in total. The number of hydrogen-bond acceptors (Lipinski definition) is 8. The van der Waals surface area contributed by atoms with Crippen LogP contribution in [-0.4, -0.2) is 49.8 Å². The molecule has 1 atom stereocenters. The van der Waals surface area contributed by atoms with E-state index in [4.69, 9.17) is 23.7 Å². The molecule has 0 aromatic heterocycles. The Morgan fingerprint density at radius 2 is 1.53 bits per heavy atom. The fourth-order valence-corrected chi connectivity index (χ4v) is 2.80. The van der Waals surface area contributed by atoms with Gasteiger partial charge in [0.2, 0.25) is 0 Å². The number of carbonyl (C=O) groups is 2. The Labute approximate surface area is 222 Å². The molecule has 0 aliphatic carbocycles. The lowest BCUT2D eigenvalue weighted by molar-refractivity contribution is -0.143. The van der Waals surface area contributed by atoms with E-state index in [1.54, 1.807) is 58.9 Å². The van der Waals surface area contributed by atoms with Gasteiger partial charge in [-0.2, -0.15) is 0 Å². The van der Waals surface area contributed by atoms with E-state index in [9.17, 15) is 19.1 Å². The zero-order valence-corrected chi connectivity index (χ0v) is 22.5. The third-order valence-corrected chi connectivity index (χ3v) is 4.94. The SMILES string of the molecule is C=C(C)C(=O)OCCOc1cc(OCCOC(O)C(=C)C)cc(-c2ccc(OC(=O)C(C)(C)C)c(F)c2)c1. The standard InChI is InChI=1S/C29H35FO8/c1-18(2)26(31)36-12-10-34-22-14-21(15-23(17-22)35-11-13-37-27(32)19(3)4)20-8-9-25(24(30)16-20)38-28(33)29(5,6)7/h8-9,14-17,26,31H,1,3,10-13H2,2,4-7H3. The van der Waals surface area contributed by atoms with Crippen molar-refractivity contribution in [3.8, 4) is 28.4 Å². The molecule has 2 aromatic carbocycles. The minimum Gasteiger partial charge on any atom is -0.491 e. The van der Waals surface area contributed by atoms with Gasteiger partial charge >= 0.3 is 11.9 Å². The predicted octanol–water partition coefficient (Wildman–Crippen LogP) is 5.23. The Bertz CT molecular complexity index is 1170. The average molecular weight is 531 g/mol. The van der Waals surface area contributed by atoms with E-state index in [1.807, 2.05) is 0 Å². The summed E-state index contributed by atoms with van der Waals surface area (Å²) in [6.45, 7) is 15.6. The summed E-state index contributed by atoms with van der Waals surface area (Å²) in [5, 5.41) is 9.70. The van der Waals surface area contributed by atoms with Crippen molar-refractivity contribution in [1.82, 2.24) is 0 Å². The molecule has 1 unspecified atom stereocenters. The number of carbonyl (C=O) groups excluding carboxylic acids is 2. The zero-order chi connectivity index (χ0) is 28.5. The lowest BCUT2D eigenvalue weighted by Gasteiger charge is -2.17. The summed E-state index contributed by atoms with van der Waals surface area (Å²) < 4.78 is 41.8. The van der Waals surface area contributed by atoms with E-state index in [2.05, 4.69) is 13.2 Å². The molecule has 9 heteroatoms. The number of rotatable bonds is 13. The number of halogens is 1. The van der Waals surface area contributed by atoms with Gasteiger partial charge in [-0.15, -0.1) is 0 Å². The summed E-state index contributed by atoms with van der Waals surface area (Å²) >= 11 is 0. The van der Waals surface area contributed by atoms with E-state index in [0.717, 1.165) is 0 Å². The molecule has 1 N–H and O–H groups in total. The lowest BCUT2D eigenvalue weighted by Crippen LogP contribution is -2.25. The van der Waals surface area contributed by atoms with Gasteiger partial charge in [0, 0.05) is 11.6 Å². The number of benzene rings is 2. The van der Waals surface area contributed by atoms with Crippen LogP contribution in [0.1, 0.15) is 34.6 Å². The molecule has 0 amide bonds. The van der Waals surface area contributed by atoms with Gasteiger partial charge < -0.3 is 28.8 Å². The van der Waals surface area contributed by atoms with Crippen LogP contribution in [0.5, 0.6) is 17.2 Å². The number of hydrogen-bond donors (Lipinski definition) is 1. The highest BCUT2D eigenvalue weighted by Gasteiger charge is 2.25. The van der Waals surface area contributed by atoms with Crippen LogP contribution in [0.2, 0.25) is 0 Å². The largest absolute Gasteiger partial charge is 0.491 e. The Balaban J connectivity index is 2.22. The fraction of sp³-hybridized carbons (Fsp3) is 0.379. The van der Waals surface area contributed by atoms with Crippen LogP contribution >= 0.6 is 0 Å². The van der Waals surface area contributed by atoms with Gasteiger partial charge in [-0.3, -0.25) is 4.79 Å². The van der Waals surface area contributed by atoms with Crippen LogP contribution in [0.3, 0.4) is 0 Å². The van der Waals surface area contributed by atoms with E-state index < -0.39 is 29.5 Å². The fourth-order valence-electron chi connectivity index (χ4n) is 2.80. The highest BCUT2D eigenvalue weighted by molar-refractivity contribution is 5.86. The second-order valence-electron chi connectivity index (χ2n) is 9.66. The Morgan fingerprint density at radius 3 is 2.05 bits per heavy atom. The average Bonchev–Trinajstić information content (AvgIpc) is 2.84. The van der Waals surface area contributed by atoms with Crippen LogP contribution in [-0.2, 0) is 19.1 Å². The van der Waals surface area contributed by atoms with Gasteiger partial charge in [0.05, 0.1) is 12.0 Å². The molecule has 0 fully saturated rings. The topological polar surface area (TPSA) is 101 Å². The molecule has 0 spiro atoms. The summed E-state index contributed by atoms with van der Waals surface area (Å²) in [7, 11) is 0. The smallest absolute Gasteiger partial charge is 0.333 e. The predicted molar refractivity (Wildman–Crippen MR) is 140 cm³/mol. The van der Waals surface area contributed by atoms with Gasteiger partial charge in [-0.05, 0) is 75.6 Å². The Hall–Kier alpha value is -3.69. The third-order valence-electron chi connectivity index (χ3n) is 4.94. The summed E-state index contributed by atoms with van der Waals surface area (Å²) in [5.41, 5.74) is 1.00. The van der Waals surface area contributed by atoms with Crippen molar-refractivity contribution >= 4 is 11.9 Å². The highest BCUT2D eigenvalue weighted by atomic mass is 19.1. The second kappa shape index (κ2) is 13.7. The molecule has 2 aromatic rings. The normalized spacial score (nSPS) is 11.9. The summed E-state index contributed by atoms with van der Waals surface area (Å²) in [6, 6.07) is 9.21. The van der Waals surface area contributed by atoms with E-state index in [0.29, 0.717) is 28.2 Å². The number of esters is 2.